The molecular formula is C17H27NO3. The van der Waals surface area contributed by atoms with Crippen LogP contribution in [0.1, 0.15) is 38.2 Å². The van der Waals surface area contributed by atoms with Crippen LogP contribution in [0, 0.1) is 5.92 Å². The second-order valence-corrected chi connectivity index (χ2v) is 5.29. The van der Waals surface area contributed by atoms with Crippen LogP contribution in [0.5, 0.6) is 0 Å². The number of aliphatic hydroxyl groups excluding tert-OH is 1. The fourth-order valence-corrected chi connectivity index (χ4v) is 2.54. The monoisotopic (exact) mass is 293 g/mol. The first kappa shape index (κ1) is 17.7. The zero-order valence-electron chi connectivity index (χ0n) is 13.2. The van der Waals surface area contributed by atoms with Gasteiger partial charge in [0, 0.05) is 13.1 Å². The van der Waals surface area contributed by atoms with Crippen LogP contribution in [0.2, 0.25) is 0 Å². The number of ether oxygens (including phenoxy) is 1. The molecule has 1 rings (SSSR count). The Hall–Kier alpha value is -1.39. The maximum Gasteiger partial charge on any atom is 0.314 e. The molecule has 1 aromatic carbocycles. The molecule has 0 saturated carbocycles. The van der Waals surface area contributed by atoms with Crippen LogP contribution in [-0.4, -0.2) is 37.4 Å². The Morgan fingerprint density at radius 1 is 1.19 bits per heavy atom. The van der Waals surface area contributed by atoms with Gasteiger partial charge in [-0.3, -0.25) is 4.79 Å². The number of rotatable bonds is 9. The summed E-state index contributed by atoms with van der Waals surface area (Å²) in [6.45, 7) is 5.12. The van der Waals surface area contributed by atoms with Crippen LogP contribution >= 0.6 is 0 Å². The summed E-state index contributed by atoms with van der Waals surface area (Å²) in [7, 11) is 1.40. The van der Waals surface area contributed by atoms with Gasteiger partial charge >= 0.3 is 5.97 Å². The van der Waals surface area contributed by atoms with Gasteiger partial charge in [-0.1, -0.05) is 57.0 Å². The third-order valence-electron chi connectivity index (χ3n) is 3.98. The van der Waals surface area contributed by atoms with E-state index in [4.69, 9.17) is 4.74 Å². The first-order valence-electron chi connectivity index (χ1n) is 7.65. The number of aliphatic hydroxyl groups is 1. The number of benzene rings is 1. The summed E-state index contributed by atoms with van der Waals surface area (Å²) in [4.78, 5) is 11.9. The second-order valence-electron chi connectivity index (χ2n) is 5.29. The minimum absolute atomic E-state index is 0.259. The normalized spacial score (nSPS) is 14.0. The first-order valence-corrected chi connectivity index (χ1v) is 7.65. The predicted molar refractivity (Wildman–Crippen MR) is 84.1 cm³/mol. The van der Waals surface area contributed by atoms with Gasteiger partial charge in [-0.15, -0.1) is 0 Å². The number of hydrogen-bond donors (Lipinski definition) is 2. The van der Waals surface area contributed by atoms with Gasteiger partial charge in [0.15, 0.2) is 0 Å². The van der Waals surface area contributed by atoms with Crippen LogP contribution in [0.3, 0.4) is 0 Å². The maximum absolute atomic E-state index is 11.9. The van der Waals surface area contributed by atoms with Crippen molar-refractivity contribution in [2.45, 2.75) is 38.7 Å². The van der Waals surface area contributed by atoms with Gasteiger partial charge in [0.2, 0.25) is 0 Å². The minimum Gasteiger partial charge on any atom is -0.469 e. The SMILES string of the molecule is CCC(CC)C(O)CNCC(C(=O)OC)c1ccccc1. The van der Waals surface area contributed by atoms with Crippen LogP contribution in [0.4, 0.5) is 0 Å². The molecule has 0 saturated heterocycles. The van der Waals surface area contributed by atoms with Crippen molar-refractivity contribution in [3.05, 3.63) is 35.9 Å². The molecule has 0 aliphatic carbocycles. The Morgan fingerprint density at radius 2 is 1.81 bits per heavy atom. The van der Waals surface area contributed by atoms with Crippen molar-refractivity contribution in [2.75, 3.05) is 20.2 Å². The molecule has 2 atom stereocenters. The molecule has 0 bridgehead atoms. The van der Waals surface area contributed by atoms with Crippen molar-refractivity contribution in [1.29, 1.82) is 0 Å². The summed E-state index contributed by atoms with van der Waals surface area (Å²) in [5.41, 5.74) is 0.925. The van der Waals surface area contributed by atoms with E-state index < -0.39 is 0 Å². The quantitative estimate of drug-likeness (QED) is 0.686. The fourth-order valence-electron chi connectivity index (χ4n) is 2.54. The van der Waals surface area contributed by atoms with Crippen molar-refractivity contribution in [1.82, 2.24) is 5.32 Å². The van der Waals surface area contributed by atoms with Crippen molar-refractivity contribution >= 4 is 5.97 Å². The summed E-state index contributed by atoms with van der Waals surface area (Å²) in [6, 6.07) is 9.57. The third kappa shape index (κ3) is 5.48. The van der Waals surface area contributed by atoms with Crippen LogP contribution in [0.25, 0.3) is 0 Å². The van der Waals surface area contributed by atoms with Crippen molar-refractivity contribution < 1.29 is 14.6 Å². The highest BCUT2D eigenvalue weighted by atomic mass is 16.5. The van der Waals surface area contributed by atoms with Crippen LogP contribution < -0.4 is 5.32 Å². The number of carbonyl (C=O) groups is 1. The molecule has 0 amide bonds. The highest BCUT2D eigenvalue weighted by molar-refractivity contribution is 5.78. The van der Waals surface area contributed by atoms with Gasteiger partial charge in [-0.2, -0.15) is 0 Å². The van der Waals surface area contributed by atoms with Gasteiger partial charge in [0.1, 0.15) is 0 Å². The molecule has 21 heavy (non-hydrogen) atoms. The van der Waals surface area contributed by atoms with E-state index in [1.165, 1.54) is 7.11 Å². The Morgan fingerprint density at radius 3 is 2.33 bits per heavy atom. The number of methoxy groups -OCH3 is 1. The molecule has 0 fully saturated rings. The van der Waals surface area contributed by atoms with Gasteiger partial charge in [-0.25, -0.2) is 0 Å². The van der Waals surface area contributed by atoms with E-state index in [-0.39, 0.29) is 18.0 Å². The lowest BCUT2D eigenvalue weighted by Gasteiger charge is -2.22. The number of esters is 1. The summed E-state index contributed by atoms with van der Waals surface area (Å²) in [6.07, 6.45) is 1.53. The molecule has 4 heteroatoms. The van der Waals surface area contributed by atoms with E-state index in [2.05, 4.69) is 19.2 Å². The fraction of sp³-hybridized carbons (Fsp3) is 0.588. The van der Waals surface area contributed by atoms with Gasteiger partial charge in [0.05, 0.1) is 19.1 Å². The van der Waals surface area contributed by atoms with Gasteiger partial charge in [-0.05, 0) is 11.5 Å². The molecule has 118 valence electrons. The van der Waals surface area contributed by atoms with E-state index in [9.17, 15) is 9.90 Å². The van der Waals surface area contributed by atoms with E-state index in [0.29, 0.717) is 19.0 Å². The molecule has 4 nitrogen and oxygen atoms in total. The highest BCUT2D eigenvalue weighted by Crippen LogP contribution is 2.17. The molecule has 0 aromatic heterocycles. The topological polar surface area (TPSA) is 58.6 Å². The minimum atomic E-state index is -0.380. The summed E-state index contributed by atoms with van der Waals surface area (Å²) in [5.74, 6) is -0.304. The Bertz CT molecular complexity index is 404. The molecule has 0 spiro atoms. The molecule has 0 aliphatic heterocycles. The van der Waals surface area contributed by atoms with E-state index in [0.717, 1.165) is 18.4 Å². The Balaban J connectivity index is 2.57. The molecule has 0 aliphatic rings. The van der Waals surface area contributed by atoms with Gasteiger partial charge in [0.25, 0.3) is 0 Å². The number of nitrogens with one attached hydrogen (secondary N) is 1. The molecule has 2 unspecified atom stereocenters. The number of carbonyl (C=O) groups excluding carboxylic acids is 1. The van der Waals surface area contributed by atoms with Crippen molar-refractivity contribution in [3.63, 3.8) is 0 Å². The molecular weight excluding hydrogens is 266 g/mol. The molecule has 1 aromatic rings. The van der Waals surface area contributed by atoms with Crippen LogP contribution in [-0.2, 0) is 9.53 Å². The second kappa shape index (κ2) is 9.53. The largest absolute Gasteiger partial charge is 0.469 e. The van der Waals surface area contributed by atoms with E-state index >= 15 is 0 Å². The third-order valence-corrected chi connectivity index (χ3v) is 3.98. The van der Waals surface area contributed by atoms with Crippen molar-refractivity contribution in [2.24, 2.45) is 5.92 Å². The first-order chi connectivity index (χ1) is 10.1. The average molecular weight is 293 g/mol. The molecule has 0 radical (unpaired) electrons. The van der Waals surface area contributed by atoms with E-state index in [1.807, 2.05) is 30.3 Å². The maximum atomic E-state index is 11.9. The number of hydrogen-bond acceptors (Lipinski definition) is 4. The summed E-state index contributed by atoms with van der Waals surface area (Å²) >= 11 is 0. The lowest BCUT2D eigenvalue weighted by molar-refractivity contribution is -0.142. The Labute approximate surface area is 127 Å². The predicted octanol–water partition coefficient (Wildman–Crippen LogP) is 2.33. The lowest BCUT2D eigenvalue weighted by atomic mass is 9.96. The average Bonchev–Trinajstić information content (AvgIpc) is 2.53. The van der Waals surface area contributed by atoms with Crippen molar-refractivity contribution in [3.8, 4) is 0 Å². The Kier molecular flexibility index (Phi) is 8.01. The smallest absolute Gasteiger partial charge is 0.314 e. The molecule has 2 N–H and O–H groups in total. The zero-order chi connectivity index (χ0) is 15.7. The zero-order valence-corrected chi connectivity index (χ0v) is 13.2. The summed E-state index contributed by atoms with van der Waals surface area (Å²) < 4.78 is 4.87. The van der Waals surface area contributed by atoms with Gasteiger partial charge < -0.3 is 15.2 Å². The summed E-state index contributed by atoms with van der Waals surface area (Å²) in [5, 5.41) is 13.3. The molecule has 0 heterocycles. The van der Waals surface area contributed by atoms with Crippen LogP contribution in [0.15, 0.2) is 30.3 Å². The van der Waals surface area contributed by atoms with E-state index in [1.54, 1.807) is 0 Å². The standard InChI is InChI=1S/C17H27NO3/c1-4-13(5-2)16(19)12-18-11-15(17(20)21-3)14-9-7-6-8-10-14/h6-10,13,15-16,18-19H,4-5,11-12H2,1-3H3. The highest BCUT2D eigenvalue weighted by Gasteiger charge is 2.22. The lowest BCUT2D eigenvalue weighted by Crippen LogP contribution is -2.36.